The first-order chi connectivity index (χ1) is 10.8. The zero-order chi connectivity index (χ0) is 15.2. The van der Waals surface area contributed by atoms with E-state index in [0.29, 0.717) is 5.92 Å². The second kappa shape index (κ2) is 7.75. The van der Waals surface area contributed by atoms with Crippen LogP contribution < -0.4 is 0 Å². The van der Waals surface area contributed by atoms with Crippen LogP contribution in [0.2, 0.25) is 5.02 Å². The van der Waals surface area contributed by atoms with Crippen molar-refractivity contribution in [1.82, 2.24) is 9.88 Å². The molecule has 1 aromatic carbocycles. The van der Waals surface area contributed by atoms with E-state index in [4.69, 9.17) is 11.6 Å². The minimum atomic E-state index is 0.348. The number of rotatable bonds is 5. The van der Waals surface area contributed by atoms with E-state index in [-0.39, 0.29) is 0 Å². The van der Waals surface area contributed by atoms with E-state index in [2.05, 4.69) is 34.1 Å². The minimum absolute atomic E-state index is 0.348. The van der Waals surface area contributed by atoms with E-state index in [9.17, 15) is 0 Å². The highest BCUT2D eigenvalue weighted by Gasteiger charge is 2.18. The van der Waals surface area contributed by atoms with Gasteiger partial charge in [0.15, 0.2) is 0 Å². The summed E-state index contributed by atoms with van der Waals surface area (Å²) in [6.07, 6.45) is 7.07. The molecule has 0 amide bonds. The van der Waals surface area contributed by atoms with Gasteiger partial charge in [-0.2, -0.15) is 0 Å². The summed E-state index contributed by atoms with van der Waals surface area (Å²) in [5.74, 6) is 0.348. The maximum atomic E-state index is 6.04. The molecule has 0 spiro atoms. The number of likely N-dealkylation sites (tertiary alicyclic amines) is 1. The molecule has 1 fully saturated rings. The van der Waals surface area contributed by atoms with Crippen molar-refractivity contribution in [3.05, 3.63) is 64.9 Å². The Bertz CT molecular complexity index is 562. The smallest absolute Gasteiger partial charge is 0.0478 e. The monoisotopic (exact) mass is 314 g/mol. The number of hydrogen-bond donors (Lipinski definition) is 0. The van der Waals surface area contributed by atoms with Gasteiger partial charge in [0.1, 0.15) is 0 Å². The number of pyridine rings is 1. The molecule has 2 nitrogen and oxygen atoms in total. The van der Waals surface area contributed by atoms with Crippen LogP contribution in [-0.2, 0) is 0 Å². The van der Waals surface area contributed by atoms with Gasteiger partial charge in [-0.25, -0.2) is 0 Å². The van der Waals surface area contributed by atoms with Gasteiger partial charge in [-0.05, 0) is 68.7 Å². The van der Waals surface area contributed by atoms with Crippen molar-refractivity contribution in [2.45, 2.75) is 31.6 Å². The van der Waals surface area contributed by atoms with Crippen LogP contribution in [0.4, 0.5) is 0 Å². The number of aromatic nitrogens is 1. The lowest BCUT2D eigenvalue weighted by Crippen LogP contribution is -2.31. The largest absolute Gasteiger partial charge is 0.303 e. The SMILES string of the molecule is Clc1ccc([C@@H](CCN2CCCCC2)c2ccccn2)cc1. The van der Waals surface area contributed by atoms with E-state index in [1.165, 1.54) is 37.9 Å². The van der Waals surface area contributed by atoms with E-state index >= 15 is 0 Å². The number of halogens is 1. The molecular formula is C19H23ClN2. The second-order valence-electron chi connectivity index (χ2n) is 6.05. The zero-order valence-corrected chi connectivity index (χ0v) is 13.7. The Morgan fingerprint density at radius 3 is 2.45 bits per heavy atom. The molecule has 0 bridgehead atoms. The van der Waals surface area contributed by atoms with Gasteiger partial charge < -0.3 is 4.90 Å². The third kappa shape index (κ3) is 4.08. The number of piperidine rings is 1. The molecule has 0 saturated carbocycles. The van der Waals surface area contributed by atoms with Crippen molar-refractivity contribution in [1.29, 1.82) is 0 Å². The van der Waals surface area contributed by atoms with Gasteiger partial charge in [-0.15, -0.1) is 0 Å². The standard InChI is InChI=1S/C19H23ClN2/c20-17-9-7-16(8-10-17)18(19-6-2-3-12-21-19)11-15-22-13-4-1-5-14-22/h2-3,6-10,12,18H,1,4-5,11,13-15H2/t18-/m1/s1. The van der Waals surface area contributed by atoms with Gasteiger partial charge in [0, 0.05) is 22.8 Å². The third-order valence-electron chi connectivity index (χ3n) is 4.50. The van der Waals surface area contributed by atoms with E-state index in [1.54, 1.807) is 0 Å². The molecule has 0 unspecified atom stereocenters. The lowest BCUT2D eigenvalue weighted by atomic mass is 9.91. The van der Waals surface area contributed by atoms with Gasteiger partial charge in [-0.3, -0.25) is 4.98 Å². The number of benzene rings is 1. The summed E-state index contributed by atoms with van der Waals surface area (Å²) in [4.78, 5) is 7.18. The molecule has 1 atom stereocenters. The Hall–Kier alpha value is -1.38. The fourth-order valence-electron chi connectivity index (χ4n) is 3.26. The van der Waals surface area contributed by atoms with Crippen LogP contribution in [0.1, 0.15) is 42.9 Å². The molecule has 1 aliphatic rings. The zero-order valence-electron chi connectivity index (χ0n) is 12.9. The number of nitrogens with zero attached hydrogens (tertiary/aromatic N) is 2. The lowest BCUT2D eigenvalue weighted by Gasteiger charge is -2.28. The Morgan fingerprint density at radius 2 is 1.77 bits per heavy atom. The van der Waals surface area contributed by atoms with E-state index < -0.39 is 0 Å². The van der Waals surface area contributed by atoms with Crippen molar-refractivity contribution < 1.29 is 0 Å². The summed E-state index contributed by atoms with van der Waals surface area (Å²) in [5, 5.41) is 0.791. The molecule has 22 heavy (non-hydrogen) atoms. The highest BCUT2D eigenvalue weighted by Crippen LogP contribution is 2.28. The molecule has 3 heteroatoms. The van der Waals surface area contributed by atoms with Crippen LogP contribution in [-0.4, -0.2) is 29.5 Å². The van der Waals surface area contributed by atoms with Gasteiger partial charge in [0.05, 0.1) is 0 Å². The normalized spacial score (nSPS) is 17.3. The molecule has 0 N–H and O–H groups in total. The fraction of sp³-hybridized carbons (Fsp3) is 0.421. The van der Waals surface area contributed by atoms with Crippen molar-refractivity contribution in [3.63, 3.8) is 0 Å². The van der Waals surface area contributed by atoms with Gasteiger partial charge in [0.25, 0.3) is 0 Å². The second-order valence-corrected chi connectivity index (χ2v) is 6.49. The van der Waals surface area contributed by atoms with E-state index in [0.717, 1.165) is 23.7 Å². The average Bonchev–Trinajstić information content (AvgIpc) is 2.58. The summed E-state index contributed by atoms with van der Waals surface area (Å²) in [6.45, 7) is 3.63. The number of hydrogen-bond acceptors (Lipinski definition) is 2. The van der Waals surface area contributed by atoms with Gasteiger partial charge in [-0.1, -0.05) is 36.2 Å². The van der Waals surface area contributed by atoms with Crippen LogP contribution >= 0.6 is 11.6 Å². The quantitative estimate of drug-likeness (QED) is 0.792. The molecule has 2 aromatic rings. The molecule has 116 valence electrons. The molecule has 3 rings (SSSR count). The molecule has 2 heterocycles. The summed E-state index contributed by atoms with van der Waals surface area (Å²) in [7, 11) is 0. The minimum Gasteiger partial charge on any atom is -0.303 e. The van der Waals surface area contributed by atoms with Crippen LogP contribution in [0.25, 0.3) is 0 Å². The maximum Gasteiger partial charge on any atom is 0.0478 e. The van der Waals surface area contributed by atoms with Crippen LogP contribution in [0.15, 0.2) is 48.7 Å². The Kier molecular flexibility index (Phi) is 5.47. The average molecular weight is 315 g/mol. The Labute approximate surface area is 138 Å². The predicted octanol–water partition coefficient (Wildman–Crippen LogP) is 4.74. The highest BCUT2D eigenvalue weighted by molar-refractivity contribution is 6.30. The summed E-state index contributed by atoms with van der Waals surface area (Å²) in [5.41, 5.74) is 2.46. The summed E-state index contributed by atoms with van der Waals surface area (Å²) in [6, 6.07) is 14.4. The first kappa shape index (κ1) is 15.5. The first-order valence-corrected chi connectivity index (χ1v) is 8.59. The highest BCUT2D eigenvalue weighted by atomic mass is 35.5. The van der Waals surface area contributed by atoms with Crippen LogP contribution in [0.3, 0.4) is 0 Å². The Morgan fingerprint density at radius 1 is 1.00 bits per heavy atom. The van der Waals surface area contributed by atoms with Gasteiger partial charge >= 0.3 is 0 Å². The molecular weight excluding hydrogens is 292 g/mol. The molecule has 1 aliphatic heterocycles. The van der Waals surface area contributed by atoms with Crippen LogP contribution in [0.5, 0.6) is 0 Å². The lowest BCUT2D eigenvalue weighted by molar-refractivity contribution is 0.223. The van der Waals surface area contributed by atoms with Crippen molar-refractivity contribution in [2.24, 2.45) is 0 Å². The van der Waals surface area contributed by atoms with Crippen LogP contribution in [0, 0.1) is 0 Å². The van der Waals surface area contributed by atoms with Crippen molar-refractivity contribution in [3.8, 4) is 0 Å². The predicted molar refractivity (Wildman–Crippen MR) is 92.4 cm³/mol. The molecule has 0 aliphatic carbocycles. The van der Waals surface area contributed by atoms with Crippen molar-refractivity contribution in [2.75, 3.05) is 19.6 Å². The molecule has 0 radical (unpaired) electrons. The van der Waals surface area contributed by atoms with Gasteiger partial charge in [0.2, 0.25) is 0 Å². The van der Waals surface area contributed by atoms with E-state index in [1.807, 2.05) is 24.4 Å². The summed E-state index contributed by atoms with van der Waals surface area (Å²) < 4.78 is 0. The third-order valence-corrected chi connectivity index (χ3v) is 4.75. The Balaban J connectivity index is 1.75. The molecule has 1 aromatic heterocycles. The maximum absolute atomic E-state index is 6.04. The van der Waals surface area contributed by atoms with Crippen molar-refractivity contribution >= 4 is 11.6 Å². The fourth-order valence-corrected chi connectivity index (χ4v) is 3.38. The molecule has 1 saturated heterocycles. The first-order valence-electron chi connectivity index (χ1n) is 8.22. The topological polar surface area (TPSA) is 16.1 Å². The summed E-state index contributed by atoms with van der Waals surface area (Å²) >= 11 is 6.04.